The normalized spacial score (nSPS) is 10.4. The number of halogens is 1. The number of benzene rings is 3. The SMILES string of the molecule is Cc1cc([N+](=O)[O-])c(Nc2cccnc2)cc1Nc1ccccc1Nc1ccc(Cl)cc1. The van der Waals surface area contributed by atoms with E-state index in [4.69, 9.17) is 11.6 Å². The molecule has 3 aromatic carbocycles. The Hall–Kier alpha value is -4.10. The van der Waals surface area contributed by atoms with Crippen molar-refractivity contribution in [3.05, 3.63) is 106 Å². The molecule has 4 aromatic rings. The lowest BCUT2D eigenvalue weighted by molar-refractivity contribution is -0.383. The van der Waals surface area contributed by atoms with Gasteiger partial charge in [0, 0.05) is 28.7 Å². The van der Waals surface area contributed by atoms with Crippen LogP contribution in [0, 0.1) is 17.0 Å². The summed E-state index contributed by atoms with van der Waals surface area (Å²) in [4.78, 5) is 15.3. The van der Waals surface area contributed by atoms with Gasteiger partial charge in [-0.2, -0.15) is 0 Å². The number of nitro benzene ring substituents is 1. The monoisotopic (exact) mass is 445 g/mol. The molecule has 0 radical (unpaired) electrons. The van der Waals surface area contributed by atoms with Gasteiger partial charge in [0.15, 0.2) is 0 Å². The van der Waals surface area contributed by atoms with Crippen LogP contribution >= 0.6 is 11.6 Å². The van der Waals surface area contributed by atoms with Crippen LogP contribution in [0.25, 0.3) is 0 Å². The molecule has 160 valence electrons. The van der Waals surface area contributed by atoms with E-state index in [2.05, 4.69) is 20.9 Å². The summed E-state index contributed by atoms with van der Waals surface area (Å²) in [5.74, 6) is 0. The van der Waals surface area contributed by atoms with Crippen molar-refractivity contribution in [2.24, 2.45) is 0 Å². The Morgan fingerprint density at radius 1 is 0.812 bits per heavy atom. The van der Waals surface area contributed by atoms with E-state index >= 15 is 0 Å². The number of hydrogen-bond acceptors (Lipinski definition) is 6. The second-order valence-electron chi connectivity index (χ2n) is 7.11. The molecule has 0 aliphatic heterocycles. The van der Waals surface area contributed by atoms with Gasteiger partial charge in [0.1, 0.15) is 5.69 Å². The zero-order chi connectivity index (χ0) is 22.5. The molecule has 0 amide bonds. The van der Waals surface area contributed by atoms with Gasteiger partial charge in [0.2, 0.25) is 0 Å². The Labute approximate surface area is 190 Å². The third kappa shape index (κ3) is 4.96. The Bertz CT molecular complexity index is 1250. The molecule has 0 saturated heterocycles. The molecule has 0 unspecified atom stereocenters. The van der Waals surface area contributed by atoms with E-state index in [1.165, 1.54) is 0 Å². The molecule has 1 aromatic heterocycles. The van der Waals surface area contributed by atoms with E-state index in [9.17, 15) is 10.1 Å². The first kappa shape index (κ1) is 21.1. The molecule has 3 N–H and O–H groups in total. The highest BCUT2D eigenvalue weighted by molar-refractivity contribution is 6.30. The average Bonchev–Trinajstić information content (AvgIpc) is 2.79. The highest BCUT2D eigenvalue weighted by Crippen LogP contribution is 2.36. The van der Waals surface area contributed by atoms with E-state index in [-0.39, 0.29) is 5.69 Å². The predicted octanol–water partition coefficient (Wildman–Crippen LogP) is 7.18. The Morgan fingerprint density at radius 3 is 2.16 bits per heavy atom. The molecular weight excluding hydrogens is 426 g/mol. The molecule has 0 aliphatic rings. The standard InChI is InChI=1S/C24H20ClN5O2/c1-16-13-24(30(31)32)23(28-19-5-4-12-26-15-19)14-22(16)29-21-7-3-2-6-20(21)27-18-10-8-17(25)9-11-18/h2-15,27-29H,1H3. The first-order chi connectivity index (χ1) is 15.5. The fourth-order valence-electron chi connectivity index (χ4n) is 3.21. The maximum absolute atomic E-state index is 11.6. The first-order valence-corrected chi connectivity index (χ1v) is 10.2. The number of nitrogens with zero attached hydrogens (tertiary/aromatic N) is 2. The number of para-hydroxylation sites is 2. The fourth-order valence-corrected chi connectivity index (χ4v) is 3.33. The minimum Gasteiger partial charge on any atom is -0.354 e. The highest BCUT2D eigenvalue weighted by atomic mass is 35.5. The minimum atomic E-state index is -0.397. The lowest BCUT2D eigenvalue weighted by Gasteiger charge is -2.17. The van der Waals surface area contributed by atoms with Crippen LogP contribution in [-0.2, 0) is 0 Å². The second-order valence-corrected chi connectivity index (χ2v) is 7.55. The van der Waals surface area contributed by atoms with Crippen LogP contribution in [0.1, 0.15) is 5.56 Å². The van der Waals surface area contributed by atoms with Gasteiger partial charge in [0.25, 0.3) is 5.69 Å². The van der Waals surface area contributed by atoms with Gasteiger partial charge in [-0.3, -0.25) is 15.1 Å². The van der Waals surface area contributed by atoms with E-state index in [0.29, 0.717) is 16.4 Å². The summed E-state index contributed by atoms with van der Waals surface area (Å²) in [6.07, 6.45) is 3.26. The number of nitro groups is 1. The molecular formula is C24H20ClN5O2. The van der Waals surface area contributed by atoms with Gasteiger partial charge >= 0.3 is 0 Å². The Kier molecular flexibility index (Phi) is 6.19. The van der Waals surface area contributed by atoms with E-state index in [1.807, 2.05) is 55.5 Å². The highest BCUT2D eigenvalue weighted by Gasteiger charge is 2.18. The van der Waals surface area contributed by atoms with Crippen molar-refractivity contribution in [3.63, 3.8) is 0 Å². The van der Waals surface area contributed by atoms with Crippen molar-refractivity contribution < 1.29 is 4.92 Å². The third-order valence-electron chi connectivity index (χ3n) is 4.80. The van der Waals surface area contributed by atoms with Crippen molar-refractivity contribution in [2.45, 2.75) is 6.92 Å². The summed E-state index contributed by atoms with van der Waals surface area (Å²) < 4.78 is 0. The summed E-state index contributed by atoms with van der Waals surface area (Å²) in [5.41, 5.74) is 5.09. The molecule has 32 heavy (non-hydrogen) atoms. The zero-order valence-electron chi connectivity index (χ0n) is 17.2. The molecule has 0 bridgehead atoms. The summed E-state index contributed by atoms with van der Waals surface area (Å²) in [6.45, 7) is 1.83. The van der Waals surface area contributed by atoms with Gasteiger partial charge in [-0.15, -0.1) is 0 Å². The quantitative estimate of drug-likeness (QED) is 0.206. The molecule has 0 saturated carbocycles. The molecule has 0 aliphatic carbocycles. The molecule has 0 atom stereocenters. The Balaban J connectivity index is 1.66. The van der Waals surface area contributed by atoms with E-state index < -0.39 is 4.92 Å². The number of rotatable bonds is 7. The van der Waals surface area contributed by atoms with Gasteiger partial charge in [-0.25, -0.2) is 0 Å². The van der Waals surface area contributed by atoms with Crippen molar-refractivity contribution in [1.29, 1.82) is 0 Å². The molecule has 7 nitrogen and oxygen atoms in total. The van der Waals surface area contributed by atoms with Crippen LogP contribution in [0.3, 0.4) is 0 Å². The number of hydrogen-bond donors (Lipinski definition) is 3. The number of pyridine rings is 1. The fraction of sp³-hybridized carbons (Fsp3) is 0.0417. The van der Waals surface area contributed by atoms with Crippen LogP contribution in [0.4, 0.5) is 39.8 Å². The lowest BCUT2D eigenvalue weighted by atomic mass is 10.1. The zero-order valence-corrected chi connectivity index (χ0v) is 17.9. The van der Waals surface area contributed by atoms with Crippen LogP contribution in [0.15, 0.2) is 85.2 Å². The van der Waals surface area contributed by atoms with Gasteiger partial charge in [0.05, 0.1) is 28.2 Å². The molecule has 8 heteroatoms. The van der Waals surface area contributed by atoms with E-state index in [1.54, 1.807) is 36.7 Å². The number of aromatic nitrogens is 1. The number of anilines is 6. The lowest BCUT2D eigenvalue weighted by Crippen LogP contribution is -2.02. The molecule has 0 fully saturated rings. The summed E-state index contributed by atoms with van der Waals surface area (Å²) in [5, 5.41) is 22.2. The van der Waals surface area contributed by atoms with Crippen molar-refractivity contribution in [2.75, 3.05) is 16.0 Å². The van der Waals surface area contributed by atoms with Gasteiger partial charge < -0.3 is 16.0 Å². The maximum atomic E-state index is 11.6. The van der Waals surface area contributed by atoms with Crippen LogP contribution in [0.5, 0.6) is 0 Å². The number of aryl methyl sites for hydroxylation is 1. The van der Waals surface area contributed by atoms with E-state index in [0.717, 1.165) is 28.3 Å². The largest absolute Gasteiger partial charge is 0.354 e. The smallest absolute Gasteiger partial charge is 0.293 e. The minimum absolute atomic E-state index is 0.00974. The van der Waals surface area contributed by atoms with Crippen LogP contribution in [0.2, 0.25) is 5.02 Å². The molecule has 4 rings (SSSR count). The van der Waals surface area contributed by atoms with Crippen LogP contribution in [-0.4, -0.2) is 9.91 Å². The van der Waals surface area contributed by atoms with Crippen LogP contribution < -0.4 is 16.0 Å². The Morgan fingerprint density at radius 2 is 1.50 bits per heavy atom. The summed E-state index contributed by atoms with van der Waals surface area (Å²) >= 11 is 5.98. The number of nitrogens with one attached hydrogen (secondary N) is 3. The second kappa shape index (κ2) is 9.36. The van der Waals surface area contributed by atoms with Crippen molar-refractivity contribution in [1.82, 2.24) is 4.98 Å². The van der Waals surface area contributed by atoms with Gasteiger partial charge in [-0.1, -0.05) is 23.7 Å². The predicted molar refractivity (Wildman–Crippen MR) is 130 cm³/mol. The van der Waals surface area contributed by atoms with Crippen molar-refractivity contribution in [3.8, 4) is 0 Å². The third-order valence-corrected chi connectivity index (χ3v) is 5.05. The average molecular weight is 446 g/mol. The summed E-state index contributed by atoms with van der Waals surface area (Å²) in [7, 11) is 0. The maximum Gasteiger partial charge on any atom is 0.293 e. The summed E-state index contributed by atoms with van der Waals surface area (Å²) in [6, 6.07) is 22.0. The molecule has 0 spiro atoms. The van der Waals surface area contributed by atoms with Crippen molar-refractivity contribution >= 4 is 51.4 Å². The topological polar surface area (TPSA) is 92.1 Å². The van der Waals surface area contributed by atoms with Gasteiger partial charge in [-0.05, 0) is 67.1 Å². The molecule has 1 heterocycles. The first-order valence-electron chi connectivity index (χ1n) is 9.84.